The van der Waals surface area contributed by atoms with Crippen LogP contribution in [0.1, 0.15) is 24.2 Å². The van der Waals surface area contributed by atoms with Crippen LogP contribution in [0.4, 0.5) is 5.69 Å². The maximum Gasteiger partial charge on any atom is 0.335 e. The van der Waals surface area contributed by atoms with Crippen molar-refractivity contribution < 1.29 is 9.90 Å². The van der Waals surface area contributed by atoms with Crippen molar-refractivity contribution in [3.05, 3.63) is 28.8 Å². The van der Waals surface area contributed by atoms with E-state index in [0.717, 1.165) is 5.69 Å². The van der Waals surface area contributed by atoms with Crippen LogP contribution in [-0.4, -0.2) is 17.1 Å². The van der Waals surface area contributed by atoms with Gasteiger partial charge in [-0.05, 0) is 32.0 Å². The third-order valence-corrected chi connectivity index (χ3v) is 1.97. The standard InChI is InChI=1S/C10H12ClNO2/c1-6(2)12-9-4-3-7(10(13)14)5-8(9)11/h3-6,12H,1-2H3,(H,13,14). The van der Waals surface area contributed by atoms with E-state index in [1.54, 1.807) is 6.07 Å². The summed E-state index contributed by atoms with van der Waals surface area (Å²) in [6.07, 6.45) is 0. The van der Waals surface area contributed by atoms with Crippen molar-refractivity contribution in [1.82, 2.24) is 0 Å². The van der Waals surface area contributed by atoms with Crippen molar-refractivity contribution in [2.24, 2.45) is 0 Å². The van der Waals surface area contributed by atoms with E-state index in [4.69, 9.17) is 16.7 Å². The number of aromatic carboxylic acids is 1. The molecule has 0 saturated carbocycles. The molecule has 1 aromatic carbocycles. The average molecular weight is 214 g/mol. The van der Waals surface area contributed by atoms with E-state index in [0.29, 0.717) is 5.02 Å². The molecule has 1 rings (SSSR count). The summed E-state index contributed by atoms with van der Waals surface area (Å²) in [4.78, 5) is 10.6. The second-order valence-electron chi connectivity index (χ2n) is 3.30. The molecule has 0 heterocycles. The van der Waals surface area contributed by atoms with E-state index in [1.165, 1.54) is 12.1 Å². The fourth-order valence-corrected chi connectivity index (χ4v) is 1.31. The van der Waals surface area contributed by atoms with Gasteiger partial charge in [0.05, 0.1) is 16.3 Å². The summed E-state index contributed by atoms with van der Waals surface area (Å²) in [6.45, 7) is 3.98. The molecule has 0 aliphatic carbocycles. The second kappa shape index (κ2) is 4.33. The fraction of sp³-hybridized carbons (Fsp3) is 0.300. The highest BCUT2D eigenvalue weighted by atomic mass is 35.5. The molecule has 14 heavy (non-hydrogen) atoms. The first-order valence-electron chi connectivity index (χ1n) is 4.30. The molecule has 0 unspecified atom stereocenters. The van der Waals surface area contributed by atoms with Crippen LogP contribution in [0.3, 0.4) is 0 Å². The molecule has 0 aromatic heterocycles. The molecule has 3 nitrogen and oxygen atoms in total. The Balaban J connectivity index is 2.95. The van der Waals surface area contributed by atoms with E-state index >= 15 is 0 Å². The molecule has 0 spiro atoms. The minimum atomic E-state index is -0.969. The number of hydrogen-bond acceptors (Lipinski definition) is 2. The Hall–Kier alpha value is -1.22. The summed E-state index contributed by atoms with van der Waals surface area (Å²) in [5.74, 6) is -0.969. The van der Waals surface area contributed by atoms with Crippen LogP contribution in [0.15, 0.2) is 18.2 Å². The van der Waals surface area contributed by atoms with Crippen LogP contribution in [0.5, 0.6) is 0 Å². The number of hydrogen-bond donors (Lipinski definition) is 2. The van der Waals surface area contributed by atoms with Crippen molar-refractivity contribution in [2.45, 2.75) is 19.9 Å². The fourth-order valence-electron chi connectivity index (χ4n) is 1.08. The Morgan fingerprint density at radius 2 is 2.14 bits per heavy atom. The molecule has 0 amide bonds. The number of rotatable bonds is 3. The maximum absolute atomic E-state index is 10.6. The molecular weight excluding hydrogens is 202 g/mol. The summed E-state index contributed by atoms with van der Waals surface area (Å²) in [7, 11) is 0. The predicted octanol–water partition coefficient (Wildman–Crippen LogP) is 2.86. The van der Waals surface area contributed by atoms with Crippen molar-refractivity contribution in [2.75, 3.05) is 5.32 Å². The Morgan fingerprint density at radius 3 is 2.57 bits per heavy atom. The monoisotopic (exact) mass is 213 g/mol. The third kappa shape index (κ3) is 2.64. The van der Waals surface area contributed by atoms with Gasteiger partial charge in [0.1, 0.15) is 0 Å². The highest BCUT2D eigenvalue weighted by Gasteiger charge is 2.07. The van der Waals surface area contributed by atoms with Crippen molar-refractivity contribution in [3.63, 3.8) is 0 Å². The first kappa shape index (κ1) is 10.9. The van der Waals surface area contributed by atoms with E-state index in [1.807, 2.05) is 13.8 Å². The number of benzene rings is 1. The zero-order chi connectivity index (χ0) is 10.7. The van der Waals surface area contributed by atoms with E-state index < -0.39 is 5.97 Å². The van der Waals surface area contributed by atoms with Crippen LogP contribution in [0.25, 0.3) is 0 Å². The first-order chi connectivity index (χ1) is 6.50. The lowest BCUT2D eigenvalue weighted by atomic mass is 10.2. The maximum atomic E-state index is 10.6. The van der Waals surface area contributed by atoms with E-state index in [-0.39, 0.29) is 11.6 Å². The third-order valence-electron chi connectivity index (χ3n) is 1.66. The summed E-state index contributed by atoms with van der Waals surface area (Å²) < 4.78 is 0. The molecule has 0 atom stereocenters. The van der Waals surface area contributed by atoms with Gasteiger partial charge in [0.25, 0.3) is 0 Å². The van der Waals surface area contributed by atoms with Crippen molar-refractivity contribution >= 4 is 23.3 Å². The zero-order valence-corrected chi connectivity index (χ0v) is 8.80. The Morgan fingerprint density at radius 1 is 1.50 bits per heavy atom. The molecule has 0 fully saturated rings. The SMILES string of the molecule is CC(C)Nc1ccc(C(=O)O)cc1Cl. The quantitative estimate of drug-likeness (QED) is 0.812. The number of halogens is 1. The van der Waals surface area contributed by atoms with Gasteiger partial charge in [-0.25, -0.2) is 4.79 Å². The van der Waals surface area contributed by atoms with Gasteiger partial charge in [-0.3, -0.25) is 0 Å². The molecule has 2 N–H and O–H groups in total. The van der Waals surface area contributed by atoms with Gasteiger partial charge in [-0.2, -0.15) is 0 Å². The second-order valence-corrected chi connectivity index (χ2v) is 3.71. The Labute approximate surface area is 87.7 Å². The predicted molar refractivity (Wildman–Crippen MR) is 57.2 cm³/mol. The number of carboxylic acid groups (broad SMARTS) is 1. The first-order valence-corrected chi connectivity index (χ1v) is 4.68. The topological polar surface area (TPSA) is 49.3 Å². The lowest BCUT2D eigenvalue weighted by Crippen LogP contribution is -2.10. The zero-order valence-electron chi connectivity index (χ0n) is 8.04. The van der Waals surface area contributed by atoms with Gasteiger partial charge >= 0.3 is 5.97 Å². The van der Waals surface area contributed by atoms with Crippen LogP contribution < -0.4 is 5.32 Å². The van der Waals surface area contributed by atoms with Crippen LogP contribution >= 0.6 is 11.6 Å². The highest BCUT2D eigenvalue weighted by molar-refractivity contribution is 6.33. The van der Waals surface area contributed by atoms with Gasteiger partial charge in [-0.15, -0.1) is 0 Å². The Kier molecular flexibility index (Phi) is 3.36. The van der Waals surface area contributed by atoms with Crippen LogP contribution in [0.2, 0.25) is 5.02 Å². The number of nitrogens with one attached hydrogen (secondary N) is 1. The summed E-state index contributed by atoms with van der Waals surface area (Å²) in [6, 6.07) is 4.91. The molecular formula is C10H12ClNO2. The molecule has 0 radical (unpaired) electrons. The molecule has 0 aliphatic rings. The van der Waals surface area contributed by atoms with Gasteiger partial charge < -0.3 is 10.4 Å². The van der Waals surface area contributed by atoms with E-state index in [2.05, 4.69) is 5.32 Å². The molecule has 0 bridgehead atoms. The lowest BCUT2D eigenvalue weighted by Gasteiger charge is -2.11. The molecule has 4 heteroatoms. The van der Waals surface area contributed by atoms with Gasteiger partial charge in [0, 0.05) is 6.04 Å². The van der Waals surface area contributed by atoms with Crippen molar-refractivity contribution in [1.29, 1.82) is 0 Å². The number of anilines is 1. The molecule has 0 aliphatic heterocycles. The van der Waals surface area contributed by atoms with Gasteiger partial charge in [0.2, 0.25) is 0 Å². The molecule has 1 aromatic rings. The van der Waals surface area contributed by atoms with Gasteiger partial charge in [0.15, 0.2) is 0 Å². The molecule has 76 valence electrons. The minimum absolute atomic E-state index is 0.198. The minimum Gasteiger partial charge on any atom is -0.478 e. The molecule has 0 saturated heterocycles. The van der Waals surface area contributed by atoms with Crippen LogP contribution in [-0.2, 0) is 0 Å². The largest absolute Gasteiger partial charge is 0.478 e. The van der Waals surface area contributed by atoms with Gasteiger partial charge in [-0.1, -0.05) is 11.6 Å². The summed E-state index contributed by atoms with van der Waals surface area (Å²) in [5, 5.41) is 12.2. The van der Waals surface area contributed by atoms with E-state index in [9.17, 15) is 4.79 Å². The smallest absolute Gasteiger partial charge is 0.335 e. The van der Waals surface area contributed by atoms with Crippen LogP contribution in [0, 0.1) is 0 Å². The average Bonchev–Trinajstić information content (AvgIpc) is 2.07. The summed E-state index contributed by atoms with van der Waals surface area (Å²) in [5.41, 5.74) is 0.955. The number of carboxylic acids is 1. The number of carbonyl (C=O) groups is 1. The lowest BCUT2D eigenvalue weighted by molar-refractivity contribution is 0.0697. The summed E-state index contributed by atoms with van der Waals surface area (Å²) >= 11 is 5.89. The van der Waals surface area contributed by atoms with Crippen molar-refractivity contribution in [3.8, 4) is 0 Å². The normalized spacial score (nSPS) is 10.3. The highest BCUT2D eigenvalue weighted by Crippen LogP contribution is 2.23. The Bertz CT molecular complexity index is 350.